The van der Waals surface area contributed by atoms with E-state index in [1.807, 2.05) is 0 Å². The first-order chi connectivity index (χ1) is 8.45. The zero-order chi connectivity index (χ0) is 13.7. The second-order valence-corrected chi connectivity index (χ2v) is 4.82. The molecule has 98 valence electrons. The molecule has 0 aliphatic heterocycles. The van der Waals surface area contributed by atoms with Gasteiger partial charge < -0.3 is 15.5 Å². The van der Waals surface area contributed by atoms with Crippen LogP contribution in [0.15, 0.2) is 22.7 Å². The van der Waals surface area contributed by atoms with Crippen molar-refractivity contribution in [2.75, 3.05) is 6.61 Å². The van der Waals surface area contributed by atoms with Crippen molar-refractivity contribution in [1.82, 2.24) is 5.32 Å². The average Bonchev–Trinajstić information content (AvgIpc) is 2.27. The summed E-state index contributed by atoms with van der Waals surface area (Å²) in [6, 6.07) is 3.52. The molecule has 3 N–H and O–H groups in total. The molecule has 0 saturated heterocycles. The van der Waals surface area contributed by atoms with E-state index in [9.17, 15) is 9.59 Å². The Labute approximate surface area is 117 Å². The van der Waals surface area contributed by atoms with E-state index in [0.29, 0.717) is 4.47 Å². The summed E-state index contributed by atoms with van der Waals surface area (Å²) in [6.07, 6.45) is -0.0603. The van der Waals surface area contributed by atoms with Crippen LogP contribution in [0.4, 0.5) is 0 Å². The van der Waals surface area contributed by atoms with E-state index >= 15 is 0 Å². The molecular weight excluding hydrogens is 325 g/mol. The van der Waals surface area contributed by atoms with Gasteiger partial charge in [0, 0.05) is 17.5 Å². The van der Waals surface area contributed by atoms with Crippen molar-refractivity contribution in [1.29, 1.82) is 0 Å². The highest BCUT2D eigenvalue weighted by atomic mass is 79.9. The molecule has 7 heteroatoms. The van der Waals surface area contributed by atoms with Crippen molar-refractivity contribution in [3.8, 4) is 0 Å². The van der Waals surface area contributed by atoms with Gasteiger partial charge in [-0.05, 0) is 18.2 Å². The first-order valence-corrected chi connectivity index (χ1v) is 6.22. The van der Waals surface area contributed by atoms with Crippen LogP contribution in [0.2, 0.25) is 5.02 Å². The predicted molar refractivity (Wildman–Crippen MR) is 69.7 cm³/mol. The average molecular weight is 337 g/mol. The van der Waals surface area contributed by atoms with Gasteiger partial charge in [0.15, 0.2) is 0 Å². The van der Waals surface area contributed by atoms with E-state index in [-0.39, 0.29) is 23.6 Å². The highest BCUT2D eigenvalue weighted by molar-refractivity contribution is 9.10. The lowest BCUT2D eigenvalue weighted by Crippen LogP contribution is -2.41. The number of halogens is 2. The molecule has 0 fully saturated rings. The maximum Gasteiger partial charge on any atom is 0.326 e. The summed E-state index contributed by atoms with van der Waals surface area (Å²) in [4.78, 5) is 22.6. The van der Waals surface area contributed by atoms with Crippen molar-refractivity contribution in [2.24, 2.45) is 0 Å². The number of nitrogens with one attached hydrogen (secondary N) is 1. The van der Waals surface area contributed by atoms with Gasteiger partial charge in [-0.15, -0.1) is 0 Å². The van der Waals surface area contributed by atoms with Crippen LogP contribution >= 0.6 is 27.5 Å². The predicted octanol–water partition coefficient (Wildman–Crippen LogP) is 1.67. The number of rotatable bonds is 5. The molecule has 1 amide bonds. The molecule has 0 aliphatic rings. The summed E-state index contributed by atoms with van der Waals surface area (Å²) in [5, 5.41) is 20.1. The summed E-state index contributed by atoms with van der Waals surface area (Å²) in [5.41, 5.74) is 0.184. The fraction of sp³-hybridized carbons (Fsp3) is 0.273. The second kappa shape index (κ2) is 6.72. The lowest BCUT2D eigenvalue weighted by atomic mass is 10.1. The topological polar surface area (TPSA) is 86.6 Å². The number of carbonyl (C=O) groups is 2. The smallest absolute Gasteiger partial charge is 0.326 e. The fourth-order valence-corrected chi connectivity index (χ4v) is 2.06. The molecule has 0 aliphatic carbocycles. The van der Waals surface area contributed by atoms with Gasteiger partial charge in [0.05, 0.1) is 10.6 Å². The van der Waals surface area contributed by atoms with Crippen molar-refractivity contribution in [3.63, 3.8) is 0 Å². The van der Waals surface area contributed by atoms with Crippen LogP contribution < -0.4 is 5.32 Å². The summed E-state index contributed by atoms with van der Waals surface area (Å²) in [7, 11) is 0. The van der Waals surface area contributed by atoms with Gasteiger partial charge in [0.25, 0.3) is 5.91 Å². The Balaban J connectivity index is 2.83. The summed E-state index contributed by atoms with van der Waals surface area (Å²) in [5.74, 6) is -1.79. The number of hydrogen-bond donors (Lipinski definition) is 3. The molecular formula is C11H11BrClNO4. The maximum absolute atomic E-state index is 11.8. The molecule has 0 radical (unpaired) electrons. The molecule has 1 atom stereocenters. The number of hydrogen-bond acceptors (Lipinski definition) is 3. The van der Waals surface area contributed by atoms with E-state index in [1.54, 1.807) is 6.07 Å². The number of aliphatic carboxylic acids is 1. The monoisotopic (exact) mass is 335 g/mol. The van der Waals surface area contributed by atoms with Crippen molar-refractivity contribution in [2.45, 2.75) is 12.5 Å². The highest BCUT2D eigenvalue weighted by Gasteiger charge is 2.21. The van der Waals surface area contributed by atoms with Crippen LogP contribution in [0.25, 0.3) is 0 Å². The quantitative estimate of drug-likeness (QED) is 0.763. The van der Waals surface area contributed by atoms with E-state index in [1.165, 1.54) is 12.1 Å². The Morgan fingerprint density at radius 2 is 2.11 bits per heavy atom. The Morgan fingerprint density at radius 3 is 2.61 bits per heavy atom. The molecule has 1 aromatic rings. The third-order valence-corrected chi connectivity index (χ3v) is 3.00. The van der Waals surface area contributed by atoms with Gasteiger partial charge in [0.2, 0.25) is 0 Å². The molecule has 0 spiro atoms. The first-order valence-electron chi connectivity index (χ1n) is 5.05. The van der Waals surface area contributed by atoms with E-state index < -0.39 is 17.9 Å². The van der Waals surface area contributed by atoms with Crippen LogP contribution in [0.1, 0.15) is 16.8 Å². The molecule has 0 heterocycles. The van der Waals surface area contributed by atoms with Gasteiger partial charge in [-0.2, -0.15) is 0 Å². The minimum absolute atomic E-state index is 0.0603. The molecule has 5 nitrogen and oxygen atoms in total. The Kier molecular flexibility index (Phi) is 5.58. The van der Waals surface area contributed by atoms with Crippen molar-refractivity contribution < 1.29 is 19.8 Å². The van der Waals surface area contributed by atoms with Crippen LogP contribution in [0.5, 0.6) is 0 Å². The number of aliphatic hydroxyl groups excluding tert-OH is 1. The third kappa shape index (κ3) is 3.97. The Bertz CT molecular complexity index is 466. The number of carboxylic acid groups (broad SMARTS) is 1. The normalized spacial score (nSPS) is 11.9. The van der Waals surface area contributed by atoms with Gasteiger partial charge >= 0.3 is 5.97 Å². The molecule has 0 bridgehead atoms. The summed E-state index contributed by atoms with van der Waals surface area (Å²) >= 11 is 9.08. The zero-order valence-electron chi connectivity index (χ0n) is 9.19. The standard InChI is InChI=1S/C11H11BrClNO4/c12-6-1-2-7(8(13)5-6)10(16)14-9(3-4-15)11(17)18/h1-2,5,9,15H,3-4H2,(H,14,16)(H,17,18)/t9-/m1/s1. The van der Waals surface area contributed by atoms with E-state index in [4.69, 9.17) is 21.8 Å². The minimum Gasteiger partial charge on any atom is -0.480 e. The molecule has 0 aromatic heterocycles. The molecule has 0 unspecified atom stereocenters. The summed E-state index contributed by atoms with van der Waals surface area (Å²) in [6.45, 7) is -0.328. The van der Waals surface area contributed by atoms with Gasteiger partial charge in [0.1, 0.15) is 6.04 Å². The number of aliphatic hydroxyl groups is 1. The fourth-order valence-electron chi connectivity index (χ4n) is 1.30. The number of benzene rings is 1. The van der Waals surface area contributed by atoms with Crippen LogP contribution in [0.3, 0.4) is 0 Å². The maximum atomic E-state index is 11.8. The Morgan fingerprint density at radius 1 is 1.44 bits per heavy atom. The van der Waals surface area contributed by atoms with Crippen molar-refractivity contribution in [3.05, 3.63) is 33.3 Å². The zero-order valence-corrected chi connectivity index (χ0v) is 11.5. The SMILES string of the molecule is O=C(N[C@H](CCO)C(=O)O)c1ccc(Br)cc1Cl. The van der Waals surface area contributed by atoms with E-state index in [2.05, 4.69) is 21.2 Å². The van der Waals surface area contributed by atoms with Crippen LogP contribution in [-0.2, 0) is 4.79 Å². The van der Waals surface area contributed by atoms with Gasteiger partial charge in [-0.25, -0.2) is 4.79 Å². The van der Waals surface area contributed by atoms with E-state index in [0.717, 1.165) is 0 Å². The minimum atomic E-state index is -1.20. The lowest BCUT2D eigenvalue weighted by Gasteiger charge is -2.13. The molecule has 1 rings (SSSR count). The number of amides is 1. The Hall–Kier alpha value is -1.11. The van der Waals surface area contributed by atoms with Crippen molar-refractivity contribution >= 4 is 39.4 Å². The third-order valence-electron chi connectivity index (χ3n) is 2.20. The van der Waals surface area contributed by atoms with Crippen LogP contribution in [0, 0.1) is 0 Å². The first kappa shape index (κ1) is 14.9. The lowest BCUT2D eigenvalue weighted by molar-refractivity contribution is -0.139. The number of carboxylic acids is 1. The van der Waals surface area contributed by atoms with Gasteiger partial charge in [-0.1, -0.05) is 27.5 Å². The molecule has 1 aromatic carbocycles. The molecule has 0 saturated carbocycles. The number of carbonyl (C=O) groups excluding carboxylic acids is 1. The van der Waals surface area contributed by atoms with Gasteiger partial charge in [-0.3, -0.25) is 4.79 Å². The highest BCUT2D eigenvalue weighted by Crippen LogP contribution is 2.21. The molecule has 18 heavy (non-hydrogen) atoms. The largest absolute Gasteiger partial charge is 0.480 e. The van der Waals surface area contributed by atoms with Crippen LogP contribution in [-0.4, -0.2) is 34.7 Å². The summed E-state index contributed by atoms with van der Waals surface area (Å²) < 4.78 is 0.717. The second-order valence-electron chi connectivity index (χ2n) is 3.50.